The Hall–Kier alpha value is -3.10. The molecule has 1 aliphatic rings. The fourth-order valence-corrected chi connectivity index (χ4v) is 4.09. The largest absolute Gasteiger partial charge is 0.447 e. The molecule has 2 aromatic carbocycles. The molecule has 0 N–H and O–H groups in total. The molecule has 1 saturated heterocycles. The highest BCUT2D eigenvalue weighted by Gasteiger charge is 2.42. The van der Waals surface area contributed by atoms with Crippen LogP contribution in [0.3, 0.4) is 0 Å². The average molecular weight is 517 g/mol. The maximum absolute atomic E-state index is 13.9. The number of amides is 3. The molecule has 1 aliphatic heterocycles. The second-order valence-electron chi connectivity index (χ2n) is 9.65. The number of benzene rings is 2. The zero-order valence-corrected chi connectivity index (χ0v) is 21.9. The lowest BCUT2D eigenvalue weighted by Gasteiger charge is -2.31. The monoisotopic (exact) mass is 516 g/mol. The summed E-state index contributed by atoms with van der Waals surface area (Å²) in [5.74, 6) is -1.30. The SMILES string of the molecule is COCCN(C[C@@H](C(=O)N1C(=O)OC[C@H]1Cc1ccccc1)c1ccc(Cl)cc1)C(=O)OC(C)(C)C. The van der Waals surface area contributed by atoms with Gasteiger partial charge in [0.1, 0.15) is 12.2 Å². The first-order valence-electron chi connectivity index (χ1n) is 11.8. The van der Waals surface area contributed by atoms with Crippen LogP contribution in [0.5, 0.6) is 0 Å². The van der Waals surface area contributed by atoms with Crippen molar-refractivity contribution in [3.63, 3.8) is 0 Å². The van der Waals surface area contributed by atoms with E-state index in [1.807, 2.05) is 30.3 Å². The molecule has 8 nitrogen and oxygen atoms in total. The van der Waals surface area contributed by atoms with Crippen molar-refractivity contribution in [2.75, 3.05) is 33.4 Å². The lowest BCUT2D eigenvalue weighted by molar-refractivity contribution is -0.131. The summed E-state index contributed by atoms with van der Waals surface area (Å²) in [5.41, 5.74) is 0.882. The fourth-order valence-electron chi connectivity index (χ4n) is 3.96. The third-order valence-corrected chi connectivity index (χ3v) is 5.96. The fraction of sp³-hybridized carbons (Fsp3) is 0.444. The summed E-state index contributed by atoms with van der Waals surface area (Å²) in [6.45, 7) is 5.87. The lowest BCUT2D eigenvalue weighted by atomic mass is 9.95. The predicted molar refractivity (Wildman–Crippen MR) is 136 cm³/mol. The third-order valence-electron chi connectivity index (χ3n) is 5.70. The zero-order chi connectivity index (χ0) is 26.3. The Morgan fingerprint density at radius 2 is 1.81 bits per heavy atom. The Morgan fingerprint density at radius 1 is 1.14 bits per heavy atom. The molecule has 0 saturated carbocycles. The first-order valence-corrected chi connectivity index (χ1v) is 12.2. The molecule has 3 rings (SSSR count). The molecule has 2 atom stereocenters. The molecule has 0 aliphatic carbocycles. The zero-order valence-electron chi connectivity index (χ0n) is 21.1. The molecular formula is C27H33ClN2O6. The van der Waals surface area contributed by atoms with Gasteiger partial charge in [-0.3, -0.25) is 4.79 Å². The number of methoxy groups -OCH3 is 1. The molecular weight excluding hydrogens is 484 g/mol. The van der Waals surface area contributed by atoms with Crippen molar-refractivity contribution >= 4 is 29.7 Å². The van der Waals surface area contributed by atoms with E-state index in [0.717, 1.165) is 5.56 Å². The Kier molecular flexibility index (Phi) is 9.34. The Bertz CT molecular complexity index is 1040. The number of hydrogen-bond donors (Lipinski definition) is 0. The number of imide groups is 1. The van der Waals surface area contributed by atoms with Gasteiger partial charge in [-0.15, -0.1) is 0 Å². The number of ether oxygens (including phenoxy) is 3. The summed E-state index contributed by atoms with van der Waals surface area (Å²) >= 11 is 6.09. The van der Waals surface area contributed by atoms with Gasteiger partial charge in [0, 0.05) is 25.2 Å². The summed E-state index contributed by atoms with van der Waals surface area (Å²) in [4.78, 5) is 42.3. The van der Waals surface area contributed by atoms with Crippen LogP contribution in [-0.2, 0) is 25.4 Å². The minimum absolute atomic E-state index is 0.0133. The van der Waals surface area contributed by atoms with Gasteiger partial charge in [0.05, 0.1) is 18.6 Å². The van der Waals surface area contributed by atoms with Gasteiger partial charge in [0.15, 0.2) is 0 Å². The minimum atomic E-state index is -0.851. The highest BCUT2D eigenvalue weighted by atomic mass is 35.5. The molecule has 3 amide bonds. The average Bonchev–Trinajstić information content (AvgIpc) is 3.18. The molecule has 1 fully saturated rings. The smallest absolute Gasteiger partial charge is 0.417 e. The maximum Gasteiger partial charge on any atom is 0.417 e. The van der Waals surface area contributed by atoms with Gasteiger partial charge in [-0.1, -0.05) is 54.1 Å². The lowest BCUT2D eigenvalue weighted by Crippen LogP contribution is -2.47. The second-order valence-corrected chi connectivity index (χ2v) is 10.1. The van der Waals surface area contributed by atoms with Gasteiger partial charge in [0.2, 0.25) is 5.91 Å². The summed E-state index contributed by atoms with van der Waals surface area (Å²) < 4.78 is 16.0. The van der Waals surface area contributed by atoms with E-state index in [4.69, 9.17) is 25.8 Å². The number of carbonyl (C=O) groups is 3. The van der Waals surface area contributed by atoms with Gasteiger partial charge in [-0.25, -0.2) is 14.5 Å². The van der Waals surface area contributed by atoms with Crippen molar-refractivity contribution in [3.05, 3.63) is 70.7 Å². The molecule has 194 valence electrons. The minimum Gasteiger partial charge on any atom is -0.447 e. The van der Waals surface area contributed by atoms with Crippen molar-refractivity contribution in [1.29, 1.82) is 0 Å². The van der Waals surface area contributed by atoms with Crippen LogP contribution >= 0.6 is 11.6 Å². The van der Waals surface area contributed by atoms with Crippen LogP contribution in [0.1, 0.15) is 37.8 Å². The third kappa shape index (κ3) is 7.45. The summed E-state index contributed by atoms with van der Waals surface area (Å²) in [6.07, 6.45) is -0.803. The van der Waals surface area contributed by atoms with Crippen LogP contribution < -0.4 is 0 Å². The molecule has 9 heteroatoms. The van der Waals surface area contributed by atoms with E-state index in [9.17, 15) is 14.4 Å². The van der Waals surface area contributed by atoms with Gasteiger partial charge in [-0.2, -0.15) is 0 Å². The van der Waals surface area contributed by atoms with E-state index in [1.54, 1.807) is 45.0 Å². The molecule has 0 radical (unpaired) electrons. The molecule has 1 heterocycles. The van der Waals surface area contributed by atoms with E-state index in [1.165, 1.54) is 16.9 Å². The number of hydrogen-bond acceptors (Lipinski definition) is 6. The van der Waals surface area contributed by atoms with Gasteiger partial charge in [0.25, 0.3) is 0 Å². The highest BCUT2D eigenvalue weighted by molar-refractivity contribution is 6.30. The van der Waals surface area contributed by atoms with E-state index in [-0.39, 0.29) is 26.3 Å². The molecule has 0 unspecified atom stereocenters. The van der Waals surface area contributed by atoms with E-state index >= 15 is 0 Å². The standard InChI is InChI=1S/C27H33ClN2O6/c1-27(2,3)36-25(32)29(14-15-34-4)17-23(20-10-12-21(28)13-11-20)24(31)30-22(18-35-26(30)33)16-19-8-6-5-7-9-19/h5-13,22-23H,14-18H2,1-4H3/t22-,23-/m1/s1. The first kappa shape index (κ1) is 27.5. The van der Waals surface area contributed by atoms with Gasteiger partial charge >= 0.3 is 12.2 Å². The van der Waals surface area contributed by atoms with Crippen LogP contribution in [0.25, 0.3) is 0 Å². The van der Waals surface area contributed by atoms with E-state index in [2.05, 4.69) is 0 Å². The van der Waals surface area contributed by atoms with Gasteiger partial charge in [-0.05, 0) is 50.5 Å². The van der Waals surface area contributed by atoms with E-state index < -0.39 is 35.7 Å². The topological polar surface area (TPSA) is 85.4 Å². The quantitative estimate of drug-likeness (QED) is 0.471. The summed E-state index contributed by atoms with van der Waals surface area (Å²) in [7, 11) is 1.53. The highest BCUT2D eigenvalue weighted by Crippen LogP contribution is 2.27. The van der Waals surface area contributed by atoms with Crippen LogP contribution in [0.4, 0.5) is 9.59 Å². The summed E-state index contributed by atoms with van der Waals surface area (Å²) in [5, 5.41) is 0.510. The number of carbonyl (C=O) groups excluding carboxylic acids is 3. The van der Waals surface area contributed by atoms with Crippen molar-refractivity contribution in [2.24, 2.45) is 0 Å². The predicted octanol–water partition coefficient (Wildman–Crippen LogP) is 4.90. The molecule has 36 heavy (non-hydrogen) atoms. The van der Waals surface area contributed by atoms with Crippen LogP contribution in [0.15, 0.2) is 54.6 Å². The van der Waals surface area contributed by atoms with Crippen molar-refractivity contribution in [3.8, 4) is 0 Å². The molecule has 0 aromatic heterocycles. The molecule has 2 aromatic rings. The first-order chi connectivity index (χ1) is 17.1. The number of nitrogens with zero attached hydrogens (tertiary/aromatic N) is 2. The summed E-state index contributed by atoms with van der Waals surface area (Å²) in [6, 6.07) is 15.9. The van der Waals surface area contributed by atoms with Crippen LogP contribution in [-0.4, -0.2) is 72.9 Å². The van der Waals surface area contributed by atoms with Crippen LogP contribution in [0, 0.1) is 0 Å². The van der Waals surface area contributed by atoms with E-state index in [0.29, 0.717) is 17.0 Å². The second kappa shape index (κ2) is 12.2. The van der Waals surface area contributed by atoms with Crippen molar-refractivity contribution < 1.29 is 28.6 Å². The van der Waals surface area contributed by atoms with Gasteiger partial charge < -0.3 is 19.1 Å². The number of cyclic esters (lactones) is 1. The number of halogens is 1. The van der Waals surface area contributed by atoms with Crippen molar-refractivity contribution in [2.45, 2.75) is 44.8 Å². The Labute approximate surface area is 217 Å². The maximum atomic E-state index is 13.9. The normalized spacial score (nSPS) is 16.4. The number of rotatable bonds is 9. The molecule has 0 bridgehead atoms. The van der Waals surface area contributed by atoms with Crippen LogP contribution in [0.2, 0.25) is 5.02 Å². The Balaban J connectivity index is 1.92. The Morgan fingerprint density at radius 3 is 2.42 bits per heavy atom. The van der Waals surface area contributed by atoms with Crippen molar-refractivity contribution in [1.82, 2.24) is 9.80 Å². The molecule has 0 spiro atoms.